The number of rotatable bonds is 9. The minimum absolute atomic E-state index is 0.594. The van der Waals surface area contributed by atoms with E-state index < -0.39 is 0 Å². The number of methoxy groups -OCH3 is 2. The van der Waals surface area contributed by atoms with Crippen LogP contribution in [0.1, 0.15) is 11.1 Å². The minimum Gasteiger partial charge on any atom is -0.496 e. The van der Waals surface area contributed by atoms with E-state index in [-0.39, 0.29) is 0 Å². The van der Waals surface area contributed by atoms with E-state index in [4.69, 9.17) is 14.5 Å². The molecule has 0 amide bonds. The first-order valence-electron chi connectivity index (χ1n) is 9.98. The second kappa shape index (κ2) is 9.70. The molecule has 0 aliphatic carbocycles. The molecule has 0 atom stereocenters. The Morgan fingerprint density at radius 2 is 1.61 bits per heavy atom. The molecule has 2 aromatic carbocycles. The molecule has 0 unspecified atom stereocenters. The van der Waals surface area contributed by atoms with E-state index in [9.17, 15) is 0 Å². The molecular weight excluding hydrogens is 410 g/mol. The number of aromatic nitrogens is 4. The minimum atomic E-state index is 0.594. The fraction of sp³-hybridized carbons (Fsp3) is 0.261. The van der Waals surface area contributed by atoms with Crippen molar-refractivity contribution >= 4 is 28.6 Å². The first-order valence-corrected chi connectivity index (χ1v) is 11.2. The van der Waals surface area contributed by atoms with Crippen molar-refractivity contribution in [3.63, 3.8) is 0 Å². The van der Waals surface area contributed by atoms with Crippen molar-refractivity contribution in [3.05, 3.63) is 65.9 Å². The largest absolute Gasteiger partial charge is 0.496 e. The van der Waals surface area contributed by atoms with Gasteiger partial charge in [-0.15, -0.1) is 0 Å². The molecule has 4 aromatic rings. The molecule has 1 N–H and O–H groups in total. The lowest BCUT2D eigenvalue weighted by atomic mass is 10.1. The maximum Gasteiger partial charge on any atom is 0.191 e. The van der Waals surface area contributed by atoms with Gasteiger partial charge in [0.2, 0.25) is 0 Å². The van der Waals surface area contributed by atoms with Crippen molar-refractivity contribution in [2.45, 2.75) is 24.7 Å². The highest BCUT2D eigenvalue weighted by Gasteiger charge is 2.14. The number of thioether (sulfide) groups is 1. The highest BCUT2D eigenvalue weighted by atomic mass is 32.2. The molecule has 4 rings (SSSR count). The average Bonchev–Trinajstić information content (AvgIpc) is 3.24. The Labute approximate surface area is 185 Å². The predicted octanol–water partition coefficient (Wildman–Crippen LogP) is 4.42. The summed E-state index contributed by atoms with van der Waals surface area (Å²) in [7, 11) is 3.37. The quantitative estimate of drug-likeness (QED) is 0.308. The van der Waals surface area contributed by atoms with Crippen LogP contribution in [0.2, 0.25) is 0 Å². The van der Waals surface area contributed by atoms with Crippen LogP contribution in [0.25, 0.3) is 11.0 Å². The van der Waals surface area contributed by atoms with Gasteiger partial charge in [-0.05, 0) is 30.4 Å². The van der Waals surface area contributed by atoms with Crippen molar-refractivity contribution in [2.75, 3.05) is 25.8 Å². The molecule has 0 aliphatic heterocycles. The molecule has 0 radical (unpaired) electrons. The monoisotopic (exact) mass is 435 g/mol. The summed E-state index contributed by atoms with van der Waals surface area (Å²) in [5, 5.41) is 9.63. The zero-order valence-corrected chi connectivity index (χ0v) is 18.6. The van der Waals surface area contributed by atoms with Gasteiger partial charge in [0.15, 0.2) is 10.8 Å². The summed E-state index contributed by atoms with van der Waals surface area (Å²) >= 11 is 1.51. The van der Waals surface area contributed by atoms with Crippen molar-refractivity contribution < 1.29 is 9.47 Å². The van der Waals surface area contributed by atoms with E-state index >= 15 is 0 Å². The fourth-order valence-electron chi connectivity index (χ4n) is 3.49. The first kappa shape index (κ1) is 21.0. The number of aryl methyl sites for hydroxylation is 2. The van der Waals surface area contributed by atoms with Gasteiger partial charge in [0.25, 0.3) is 0 Å². The van der Waals surface area contributed by atoms with Crippen LogP contribution in [0.3, 0.4) is 0 Å². The highest BCUT2D eigenvalue weighted by molar-refractivity contribution is 7.98. The van der Waals surface area contributed by atoms with E-state index in [1.807, 2.05) is 59.6 Å². The molecule has 0 saturated carbocycles. The Bertz CT molecular complexity index is 1180. The summed E-state index contributed by atoms with van der Waals surface area (Å²) in [6, 6.07) is 16.0. The fourth-order valence-corrected chi connectivity index (χ4v) is 3.85. The first-order chi connectivity index (χ1) is 15.2. The molecule has 2 heterocycles. The van der Waals surface area contributed by atoms with Crippen LogP contribution in [0.15, 0.2) is 59.9 Å². The van der Waals surface area contributed by atoms with Gasteiger partial charge >= 0.3 is 0 Å². The standard InChI is InChI=1S/C23H25N5O2S/c1-29-19-10-6-4-8-16(19)12-13-28-22-18(15-25-28)21(26-23(27-22)31-3)24-14-17-9-5-7-11-20(17)30-2/h4-11,15H,12-14H2,1-3H3,(H,24,26,27). The van der Waals surface area contributed by atoms with E-state index in [1.54, 1.807) is 14.2 Å². The third kappa shape index (κ3) is 4.59. The number of hydrogen-bond donors (Lipinski definition) is 1. The smallest absolute Gasteiger partial charge is 0.191 e. The Balaban J connectivity index is 1.60. The number of nitrogens with one attached hydrogen (secondary N) is 1. The van der Waals surface area contributed by atoms with Crippen LogP contribution >= 0.6 is 11.8 Å². The third-order valence-corrected chi connectivity index (χ3v) is 5.63. The number of fused-ring (bicyclic) bond motifs is 1. The van der Waals surface area contributed by atoms with E-state index in [0.29, 0.717) is 18.2 Å². The third-order valence-electron chi connectivity index (χ3n) is 5.08. The lowest BCUT2D eigenvalue weighted by molar-refractivity contribution is 0.408. The van der Waals surface area contributed by atoms with E-state index in [1.165, 1.54) is 11.8 Å². The topological polar surface area (TPSA) is 74.1 Å². The van der Waals surface area contributed by atoms with Gasteiger partial charge < -0.3 is 14.8 Å². The van der Waals surface area contributed by atoms with Crippen LogP contribution in [0.4, 0.5) is 5.82 Å². The number of para-hydroxylation sites is 2. The van der Waals surface area contributed by atoms with Crippen LogP contribution in [0, 0.1) is 0 Å². The van der Waals surface area contributed by atoms with Gasteiger partial charge in [0, 0.05) is 18.7 Å². The van der Waals surface area contributed by atoms with Gasteiger partial charge in [-0.2, -0.15) is 5.10 Å². The summed E-state index contributed by atoms with van der Waals surface area (Å²) in [4.78, 5) is 9.39. The molecule has 7 nitrogen and oxygen atoms in total. The summed E-state index contributed by atoms with van der Waals surface area (Å²) < 4.78 is 12.9. The normalized spacial score (nSPS) is 10.9. The molecule has 0 fully saturated rings. The summed E-state index contributed by atoms with van der Waals surface area (Å²) in [6.07, 6.45) is 4.59. The maximum absolute atomic E-state index is 5.47. The number of benzene rings is 2. The van der Waals surface area contributed by atoms with Crippen LogP contribution in [-0.2, 0) is 19.5 Å². The van der Waals surface area contributed by atoms with Crippen molar-refractivity contribution in [3.8, 4) is 11.5 Å². The molecule has 0 spiro atoms. The summed E-state index contributed by atoms with van der Waals surface area (Å²) in [5.41, 5.74) is 3.02. The average molecular weight is 436 g/mol. The SMILES string of the molecule is COc1ccccc1CCn1ncc2c(NCc3ccccc3OC)nc(SC)nc21. The van der Waals surface area contributed by atoms with Gasteiger partial charge in [-0.1, -0.05) is 48.2 Å². The van der Waals surface area contributed by atoms with E-state index in [2.05, 4.69) is 21.5 Å². The number of ether oxygens (including phenoxy) is 2. The molecular formula is C23H25N5O2S. The maximum atomic E-state index is 5.47. The molecule has 0 saturated heterocycles. The zero-order valence-electron chi connectivity index (χ0n) is 17.8. The lowest BCUT2D eigenvalue weighted by Crippen LogP contribution is -2.07. The van der Waals surface area contributed by atoms with Gasteiger partial charge in [0.1, 0.15) is 17.3 Å². The lowest BCUT2D eigenvalue weighted by Gasteiger charge is -2.12. The van der Waals surface area contributed by atoms with Crippen LogP contribution < -0.4 is 14.8 Å². The molecule has 8 heteroatoms. The molecule has 2 aromatic heterocycles. The summed E-state index contributed by atoms with van der Waals surface area (Å²) in [5.74, 6) is 2.50. The molecule has 160 valence electrons. The van der Waals surface area contributed by atoms with Gasteiger partial charge in [-0.3, -0.25) is 0 Å². The van der Waals surface area contributed by atoms with Crippen LogP contribution in [0.5, 0.6) is 11.5 Å². The number of anilines is 1. The van der Waals surface area contributed by atoms with Crippen LogP contribution in [-0.4, -0.2) is 40.2 Å². The number of hydrogen-bond acceptors (Lipinski definition) is 7. The molecule has 0 aliphatic rings. The zero-order chi connectivity index (χ0) is 21.6. The predicted molar refractivity (Wildman–Crippen MR) is 124 cm³/mol. The Hall–Kier alpha value is -3.26. The van der Waals surface area contributed by atoms with Crippen molar-refractivity contribution in [1.29, 1.82) is 0 Å². The molecule has 0 bridgehead atoms. The Morgan fingerprint density at radius 1 is 0.935 bits per heavy atom. The van der Waals surface area contributed by atoms with Crippen molar-refractivity contribution in [2.24, 2.45) is 0 Å². The summed E-state index contributed by atoms with van der Waals surface area (Å²) in [6.45, 7) is 1.29. The van der Waals surface area contributed by atoms with Gasteiger partial charge in [0.05, 0.1) is 25.8 Å². The Kier molecular flexibility index (Phi) is 6.57. The highest BCUT2D eigenvalue weighted by Crippen LogP contribution is 2.26. The Morgan fingerprint density at radius 3 is 2.32 bits per heavy atom. The van der Waals surface area contributed by atoms with Crippen molar-refractivity contribution in [1.82, 2.24) is 19.7 Å². The second-order valence-corrected chi connectivity index (χ2v) is 7.66. The number of nitrogens with zero attached hydrogens (tertiary/aromatic N) is 4. The van der Waals surface area contributed by atoms with Gasteiger partial charge in [-0.25, -0.2) is 14.6 Å². The van der Waals surface area contributed by atoms with E-state index in [0.717, 1.165) is 45.9 Å². The second-order valence-electron chi connectivity index (χ2n) is 6.89. The molecule has 31 heavy (non-hydrogen) atoms.